The molecule has 0 N–H and O–H groups in total. The van der Waals surface area contributed by atoms with E-state index in [0.29, 0.717) is 6.42 Å². The fourth-order valence-corrected chi connectivity index (χ4v) is 3.57. The third-order valence-corrected chi connectivity index (χ3v) is 4.64. The highest BCUT2D eigenvalue weighted by Crippen LogP contribution is 2.46. The molecule has 0 bridgehead atoms. The minimum Gasteiger partial charge on any atom is -0.294 e. The maximum Gasteiger partial charge on any atom is 0.164 e. The van der Waals surface area contributed by atoms with E-state index >= 15 is 0 Å². The summed E-state index contributed by atoms with van der Waals surface area (Å²) in [6, 6.07) is 30.7. The van der Waals surface area contributed by atoms with E-state index < -0.39 is 0 Å². The van der Waals surface area contributed by atoms with Crippen molar-refractivity contribution in [2.45, 2.75) is 12.3 Å². The average Bonchev–Trinajstić information content (AvgIpc) is 3.01. The Morgan fingerprint density at radius 2 is 1.12 bits per heavy atom. The van der Waals surface area contributed by atoms with Gasteiger partial charge in [-0.1, -0.05) is 91.0 Å². The Balaban J connectivity index is 1.95. The maximum atomic E-state index is 12.9. The van der Waals surface area contributed by atoms with Crippen LogP contribution < -0.4 is 0 Å². The van der Waals surface area contributed by atoms with Gasteiger partial charge in [-0.3, -0.25) is 4.79 Å². The van der Waals surface area contributed by atoms with Crippen LogP contribution >= 0.6 is 0 Å². The Bertz CT molecular complexity index is 877. The molecule has 116 valence electrons. The quantitative estimate of drug-likeness (QED) is 0.637. The van der Waals surface area contributed by atoms with Crippen LogP contribution in [0.4, 0.5) is 0 Å². The Morgan fingerprint density at radius 3 is 1.71 bits per heavy atom. The summed E-state index contributed by atoms with van der Waals surface area (Å²) in [5.41, 5.74) is 5.38. The minimum atomic E-state index is 0.122. The number of ketones is 1. The number of rotatable bonds is 3. The topological polar surface area (TPSA) is 17.1 Å². The van der Waals surface area contributed by atoms with Crippen molar-refractivity contribution < 1.29 is 4.79 Å². The normalized spacial score (nSPS) is 17.3. The van der Waals surface area contributed by atoms with Gasteiger partial charge in [0.25, 0.3) is 0 Å². The van der Waals surface area contributed by atoms with Crippen LogP contribution in [0.5, 0.6) is 0 Å². The van der Waals surface area contributed by atoms with Gasteiger partial charge < -0.3 is 0 Å². The highest BCUT2D eigenvalue weighted by molar-refractivity contribution is 6.32. The number of hydrogen-bond acceptors (Lipinski definition) is 1. The molecular formula is C23H18O. The summed E-state index contributed by atoms with van der Waals surface area (Å²) >= 11 is 0. The Kier molecular flexibility index (Phi) is 3.84. The van der Waals surface area contributed by atoms with Gasteiger partial charge in [-0.15, -0.1) is 0 Å². The third-order valence-electron chi connectivity index (χ3n) is 4.64. The van der Waals surface area contributed by atoms with Gasteiger partial charge in [0.15, 0.2) is 5.78 Å². The molecule has 0 saturated carbocycles. The van der Waals surface area contributed by atoms with Crippen molar-refractivity contribution in [1.29, 1.82) is 0 Å². The van der Waals surface area contributed by atoms with Crippen molar-refractivity contribution in [3.63, 3.8) is 0 Å². The first-order chi connectivity index (χ1) is 11.8. The lowest BCUT2D eigenvalue weighted by molar-refractivity contribution is -0.113. The second-order valence-electron chi connectivity index (χ2n) is 6.11. The summed E-state index contributed by atoms with van der Waals surface area (Å²) in [6.07, 6.45) is 0.540. The highest BCUT2D eigenvalue weighted by Gasteiger charge is 2.34. The van der Waals surface area contributed by atoms with E-state index in [1.54, 1.807) is 0 Å². The van der Waals surface area contributed by atoms with E-state index in [9.17, 15) is 4.79 Å². The first kappa shape index (κ1) is 14.6. The number of benzene rings is 3. The van der Waals surface area contributed by atoms with Gasteiger partial charge >= 0.3 is 0 Å². The number of Topliss-reactive ketones (excluding diaryl/α,β-unsaturated/α-hetero) is 1. The monoisotopic (exact) mass is 310 g/mol. The van der Waals surface area contributed by atoms with E-state index in [2.05, 4.69) is 24.3 Å². The molecule has 0 heterocycles. The third kappa shape index (κ3) is 2.59. The molecule has 3 aromatic carbocycles. The lowest BCUT2D eigenvalue weighted by Gasteiger charge is -2.16. The molecule has 0 fully saturated rings. The second kappa shape index (κ2) is 6.29. The summed E-state index contributed by atoms with van der Waals surface area (Å²) in [5.74, 6) is 0.352. The summed E-state index contributed by atoms with van der Waals surface area (Å²) in [7, 11) is 0. The van der Waals surface area contributed by atoms with Crippen LogP contribution in [-0.2, 0) is 4.79 Å². The molecule has 0 spiro atoms. The van der Waals surface area contributed by atoms with E-state index in [1.807, 2.05) is 66.7 Å². The minimum absolute atomic E-state index is 0.122. The predicted octanol–water partition coefficient (Wildman–Crippen LogP) is 5.35. The zero-order chi connectivity index (χ0) is 16.4. The largest absolute Gasteiger partial charge is 0.294 e. The van der Waals surface area contributed by atoms with Crippen LogP contribution in [0.25, 0.3) is 11.1 Å². The van der Waals surface area contributed by atoms with E-state index in [1.165, 1.54) is 5.56 Å². The summed E-state index contributed by atoms with van der Waals surface area (Å²) < 4.78 is 0. The van der Waals surface area contributed by atoms with Gasteiger partial charge in [-0.05, 0) is 22.3 Å². The maximum absolute atomic E-state index is 12.9. The van der Waals surface area contributed by atoms with Gasteiger partial charge in [0.05, 0.1) is 0 Å². The fraction of sp³-hybridized carbons (Fsp3) is 0.0870. The van der Waals surface area contributed by atoms with Gasteiger partial charge in [-0.2, -0.15) is 0 Å². The van der Waals surface area contributed by atoms with Crippen molar-refractivity contribution in [3.05, 3.63) is 108 Å². The fourth-order valence-electron chi connectivity index (χ4n) is 3.57. The molecule has 24 heavy (non-hydrogen) atoms. The Hall–Kier alpha value is -2.93. The van der Waals surface area contributed by atoms with Crippen LogP contribution in [0.2, 0.25) is 0 Å². The molecule has 1 aliphatic rings. The average molecular weight is 310 g/mol. The highest BCUT2D eigenvalue weighted by atomic mass is 16.1. The zero-order valence-corrected chi connectivity index (χ0v) is 13.4. The lowest BCUT2D eigenvalue weighted by atomic mass is 9.87. The summed E-state index contributed by atoms with van der Waals surface area (Å²) in [5, 5.41) is 0. The molecule has 3 aromatic rings. The molecular weight excluding hydrogens is 292 g/mol. The summed E-state index contributed by atoms with van der Waals surface area (Å²) in [6.45, 7) is 0. The van der Waals surface area contributed by atoms with E-state index in [0.717, 1.165) is 22.3 Å². The van der Waals surface area contributed by atoms with Crippen molar-refractivity contribution >= 4 is 16.9 Å². The molecule has 0 aliphatic heterocycles. The molecule has 1 aliphatic carbocycles. The number of hydrogen-bond donors (Lipinski definition) is 0. The van der Waals surface area contributed by atoms with Crippen LogP contribution in [0.1, 0.15) is 29.0 Å². The molecule has 0 amide bonds. The van der Waals surface area contributed by atoms with Crippen LogP contribution in [-0.4, -0.2) is 5.78 Å². The smallest absolute Gasteiger partial charge is 0.164 e. The number of carbonyl (C=O) groups is 1. The Labute approximate surface area is 142 Å². The van der Waals surface area contributed by atoms with Crippen molar-refractivity contribution in [3.8, 4) is 0 Å². The molecule has 1 heteroatoms. The molecule has 0 radical (unpaired) electrons. The molecule has 4 rings (SSSR count). The molecule has 1 nitrogen and oxygen atoms in total. The van der Waals surface area contributed by atoms with Gasteiger partial charge in [0.1, 0.15) is 0 Å². The van der Waals surface area contributed by atoms with Crippen molar-refractivity contribution in [2.75, 3.05) is 0 Å². The van der Waals surface area contributed by atoms with Crippen LogP contribution in [0.3, 0.4) is 0 Å². The Morgan fingerprint density at radius 1 is 0.625 bits per heavy atom. The van der Waals surface area contributed by atoms with Crippen molar-refractivity contribution in [2.24, 2.45) is 0 Å². The number of allylic oxidation sites excluding steroid dienone is 2. The second-order valence-corrected chi connectivity index (χ2v) is 6.11. The SMILES string of the molecule is O=C1C[C@H](c2ccccc2)C(c2ccccc2)=C1c1ccccc1. The van der Waals surface area contributed by atoms with Gasteiger partial charge in [-0.25, -0.2) is 0 Å². The molecule has 0 saturated heterocycles. The summed E-state index contributed by atoms with van der Waals surface area (Å²) in [4.78, 5) is 12.9. The first-order valence-corrected chi connectivity index (χ1v) is 8.28. The first-order valence-electron chi connectivity index (χ1n) is 8.28. The van der Waals surface area contributed by atoms with E-state index in [-0.39, 0.29) is 11.7 Å². The zero-order valence-electron chi connectivity index (χ0n) is 13.4. The van der Waals surface area contributed by atoms with Crippen LogP contribution in [0.15, 0.2) is 91.0 Å². The molecule has 0 aromatic heterocycles. The van der Waals surface area contributed by atoms with E-state index in [4.69, 9.17) is 0 Å². The predicted molar refractivity (Wildman–Crippen MR) is 98.5 cm³/mol. The van der Waals surface area contributed by atoms with Gasteiger partial charge in [0.2, 0.25) is 0 Å². The molecule has 1 atom stereocenters. The van der Waals surface area contributed by atoms with Gasteiger partial charge in [0, 0.05) is 17.9 Å². The van der Waals surface area contributed by atoms with Crippen molar-refractivity contribution in [1.82, 2.24) is 0 Å². The molecule has 0 unspecified atom stereocenters. The van der Waals surface area contributed by atoms with Crippen LogP contribution in [0, 0.1) is 0 Å². The standard InChI is InChI=1S/C23H18O/c24-21-16-20(17-10-4-1-5-11-17)22(18-12-6-2-7-13-18)23(21)19-14-8-3-9-15-19/h1-15,20H,16H2/t20-/m1/s1. The number of carbonyl (C=O) groups excluding carboxylic acids is 1. The lowest BCUT2D eigenvalue weighted by Crippen LogP contribution is -1.99.